The summed E-state index contributed by atoms with van der Waals surface area (Å²) in [5.74, 6) is 0.974. The molecule has 0 aliphatic rings. The van der Waals surface area contributed by atoms with Crippen molar-refractivity contribution in [1.82, 2.24) is 0 Å². The van der Waals surface area contributed by atoms with E-state index in [9.17, 15) is 10.1 Å². The normalized spacial score (nSPS) is 10.1. The first-order chi connectivity index (χ1) is 8.54. The molecule has 0 fully saturated rings. The van der Waals surface area contributed by atoms with E-state index in [1.165, 1.54) is 12.1 Å². The standard InChI is InChI=1S/C13H12N2O3/c1-9-3-2-4-12(5-9)18-13-7-10(14)6-11(8-13)15(16)17/h2-8H,14H2,1H3. The molecular weight excluding hydrogens is 232 g/mol. The van der Waals surface area contributed by atoms with E-state index >= 15 is 0 Å². The van der Waals surface area contributed by atoms with E-state index in [0.717, 1.165) is 5.56 Å². The second kappa shape index (κ2) is 4.75. The largest absolute Gasteiger partial charge is 0.457 e. The lowest BCUT2D eigenvalue weighted by atomic mass is 10.2. The van der Waals surface area contributed by atoms with Crippen LogP contribution >= 0.6 is 0 Å². The van der Waals surface area contributed by atoms with Crippen LogP contribution in [-0.2, 0) is 0 Å². The van der Waals surface area contributed by atoms with Crippen LogP contribution in [-0.4, -0.2) is 4.92 Å². The summed E-state index contributed by atoms with van der Waals surface area (Å²) >= 11 is 0. The van der Waals surface area contributed by atoms with Crippen LogP contribution in [0.5, 0.6) is 11.5 Å². The molecule has 0 radical (unpaired) electrons. The Bertz CT molecular complexity index is 597. The maximum Gasteiger partial charge on any atom is 0.275 e. The van der Waals surface area contributed by atoms with Crippen LogP contribution in [0.4, 0.5) is 11.4 Å². The number of nitrogen functional groups attached to an aromatic ring is 1. The third-order valence-corrected chi connectivity index (χ3v) is 2.35. The number of ether oxygens (including phenoxy) is 1. The van der Waals surface area contributed by atoms with E-state index < -0.39 is 4.92 Å². The number of benzene rings is 2. The molecule has 2 rings (SSSR count). The van der Waals surface area contributed by atoms with Gasteiger partial charge in [-0.3, -0.25) is 10.1 Å². The zero-order valence-electron chi connectivity index (χ0n) is 9.79. The second-order valence-corrected chi connectivity index (χ2v) is 3.94. The lowest BCUT2D eigenvalue weighted by molar-refractivity contribution is -0.384. The van der Waals surface area contributed by atoms with Crippen LogP contribution in [0.2, 0.25) is 0 Å². The number of aryl methyl sites for hydroxylation is 1. The highest BCUT2D eigenvalue weighted by molar-refractivity contribution is 5.54. The minimum Gasteiger partial charge on any atom is -0.457 e. The average Bonchev–Trinajstić information content (AvgIpc) is 2.28. The van der Waals surface area contributed by atoms with Gasteiger partial charge in [-0.2, -0.15) is 0 Å². The molecule has 5 heteroatoms. The van der Waals surface area contributed by atoms with Crippen molar-refractivity contribution in [1.29, 1.82) is 0 Å². The van der Waals surface area contributed by atoms with Crippen LogP contribution in [0.3, 0.4) is 0 Å². The number of nitrogens with two attached hydrogens (primary N) is 1. The van der Waals surface area contributed by atoms with E-state index in [1.807, 2.05) is 25.1 Å². The van der Waals surface area contributed by atoms with Gasteiger partial charge in [0.25, 0.3) is 5.69 Å². The number of rotatable bonds is 3. The number of hydrogen-bond acceptors (Lipinski definition) is 4. The minimum absolute atomic E-state index is 0.0855. The first kappa shape index (κ1) is 11.9. The minimum atomic E-state index is -0.501. The van der Waals surface area contributed by atoms with E-state index in [0.29, 0.717) is 17.2 Å². The van der Waals surface area contributed by atoms with Crippen molar-refractivity contribution in [2.75, 3.05) is 5.73 Å². The molecule has 2 N–H and O–H groups in total. The summed E-state index contributed by atoms with van der Waals surface area (Å²) in [5.41, 5.74) is 6.86. The van der Waals surface area contributed by atoms with Crippen molar-refractivity contribution in [2.45, 2.75) is 6.92 Å². The fourth-order valence-electron chi connectivity index (χ4n) is 1.59. The number of hydrogen-bond donors (Lipinski definition) is 1. The van der Waals surface area contributed by atoms with E-state index in [1.54, 1.807) is 12.1 Å². The van der Waals surface area contributed by atoms with Crippen molar-refractivity contribution in [3.63, 3.8) is 0 Å². The molecular formula is C13H12N2O3. The summed E-state index contributed by atoms with van der Waals surface area (Å²) in [7, 11) is 0. The molecule has 0 saturated carbocycles. The SMILES string of the molecule is Cc1cccc(Oc2cc(N)cc([N+](=O)[O-])c2)c1. The molecule has 0 unspecified atom stereocenters. The van der Waals surface area contributed by atoms with Gasteiger partial charge < -0.3 is 10.5 Å². The number of nitrogens with zero attached hydrogens (tertiary/aromatic N) is 1. The van der Waals surface area contributed by atoms with Crippen molar-refractivity contribution < 1.29 is 9.66 Å². The summed E-state index contributed by atoms with van der Waals surface area (Å²) in [6, 6.07) is 11.6. The maximum atomic E-state index is 10.7. The van der Waals surface area contributed by atoms with Crippen LogP contribution in [0.25, 0.3) is 0 Å². The van der Waals surface area contributed by atoms with Crippen molar-refractivity contribution >= 4 is 11.4 Å². The van der Waals surface area contributed by atoms with Crippen molar-refractivity contribution in [2.24, 2.45) is 0 Å². The first-order valence-electron chi connectivity index (χ1n) is 5.34. The zero-order valence-corrected chi connectivity index (χ0v) is 9.79. The van der Waals surface area contributed by atoms with Crippen LogP contribution < -0.4 is 10.5 Å². The number of nitro groups is 1. The highest BCUT2D eigenvalue weighted by Crippen LogP contribution is 2.28. The lowest BCUT2D eigenvalue weighted by Gasteiger charge is -2.07. The van der Waals surface area contributed by atoms with E-state index in [2.05, 4.69) is 0 Å². The molecule has 5 nitrogen and oxygen atoms in total. The summed E-state index contributed by atoms with van der Waals surface area (Å²) < 4.78 is 5.55. The van der Waals surface area contributed by atoms with E-state index in [-0.39, 0.29) is 5.69 Å². The van der Waals surface area contributed by atoms with Gasteiger partial charge in [-0.05, 0) is 24.6 Å². The Morgan fingerprint density at radius 1 is 1.17 bits per heavy atom. The molecule has 2 aromatic carbocycles. The summed E-state index contributed by atoms with van der Waals surface area (Å²) in [5, 5.41) is 10.7. The van der Waals surface area contributed by atoms with Crippen LogP contribution in [0, 0.1) is 17.0 Å². The van der Waals surface area contributed by atoms with Gasteiger partial charge in [0.1, 0.15) is 11.5 Å². The fraction of sp³-hybridized carbons (Fsp3) is 0.0769. The second-order valence-electron chi connectivity index (χ2n) is 3.94. The topological polar surface area (TPSA) is 78.4 Å². The number of nitro benzene ring substituents is 1. The highest BCUT2D eigenvalue weighted by Gasteiger charge is 2.09. The Morgan fingerprint density at radius 2 is 1.94 bits per heavy atom. The molecule has 0 amide bonds. The molecule has 0 bridgehead atoms. The monoisotopic (exact) mass is 244 g/mol. The fourth-order valence-corrected chi connectivity index (χ4v) is 1.59. The lowest BCUT2D eigenvalue weighted by Crippen LogP contribution is -1.93. The zero-order chi connectivity index (χ0) is 13.1. The molecule has 0 spiro atoms. The number of non-ortho nitro benzene ring substituents is 1. The Morgan fingerprint density at radius 3 is 2.61 bits per heavy atom. The highest BCUT2D eigenvalue weighted by atomic mass is 16.6. The molecule has 0 heterocycles. The summed E-state index contributed by atoms with van der Waals surface area (Å²) in [6.45, 7) is 1.94. The van der Waals surface area contributed by atoms with Gasteiger partial charge >= 0.3 is 0 Å². The van der Waals surface area contributed by atoms with Crippen LogP contribution in [0.1, 0.15) is 5.56 Å². The predicted octanol–water partition coefficient (Wildman–Crippen LogP) is 3.28. The third kappa shape index (κ3) is 2.76. The Balaban J connectivity index is 2.31. The maximum absolute atomic E-state index is 10.7. The molecule has 92 valence electrons. The van der Waals surface area contributed by atoms with Crippen LogP contribution in [0.15, 0.2) is 42.5 Å². The third-order valence-electron chi connectivity index (χ3n) is 2.35. The quantitative estimate of drug-likeness (QED) is 0.510. The molecule has 2 aromatic rings. The Kier molecular flexibility index (Phi) is 3.14. The number of anilines is 1. The first-order valence-corrected chi connectivity index (χ1v) is 5.34. The Hall–Kier alpha value is -2.56. The predicted molar refractivity (Wildman–Crippen MR) is 68.8 cm³/mol. The molecule has 0 aliphatic heterocycles. The van der Waals surface area contributed by atoms with Gasteiger partial charge in [0, 0.05) is 17.8 Å². The van der Waals surface area contributed by atoms with Gasteiger partial charge in [-0.1, -0.05) is 12.1 Å². The molecule has 0 aliphatic carbocycles. The molecule has 0 aromatic heterocycles. The molecule has 0 atom stereocenters. The molecule has 18 heavy (non-hydrogen) atoms. The smallest absolute Gasteiger partial charge is 0.275 e. The molecule has 0 saturated heterocycles. The van der Waals surface area contributed by atoms with E-state index in [4.69, 9.17) is 10.5 Å². The van der Waals surface area contributed by atoms with Gasteiger partial charge in [0.2, 0.25) is 0 Å². The van der Waals surface area contributed by atoms with Crippen molar-refractivity contribution in [3.05, 3.63) is 58.1 Å². The summed E-state index contributed by atoms with van der Waals surface area (Å²) in [6.07, 6.45) is 0. The van der Waals surface area contributed by atoms with Gasteiger partial charge in [-0.25, -0.2) is 0 Å². The van der Waals surface area contributed by atoms with Crippen molar-refractivity contribution in [3.8, 4) is 11.5 Å². The van der Waals surface area contributed by atoms with Gasteiger partial charge in [0.15, 0.2) is 0 Å². The van der Waals surface area contributed by atoms with Gasteiger partial charge in [0.05, 0.1) is 11.0 Å². The Labute approximate surface area is 104 Å². The van der Waals surface area contributed by atoms with Gasteiger partial charge in [-0.15, -0.1) is 0 Å². The summed E-state index contributed by atoms with van der Waals surface area (Å²) in [4.78, 5) is 10.2. The average molecular weight is 244 g/mol.